The van der Waals surface area contributed by atoms with Gasteiger partial charge in [0, 0.05) is 11.3 Å². The number of thioether (sulfide) groups is 1. The zero-order valence-corrected chi connectivity index (χ0v) is 12.0. The van der Waals surface area contributed by atoms with Crippen LogP contribution in [0.2, 0.25) is 0 Å². The van der Waals surface area contributed by atoms with E-state index < -0.39 is 0 Å². The molecule has 2 heteroatoms. The lowest BCUT2D eigenvalue weighted by Crippen LogP contribution is -1.83. The van der Waals surface area contributed by atoms with Crippen molar-refractivity contribution in [2.75, 3.05) is 5.75 Å². The number of unbranched alkanes of at least 4 members (excludes halogenated alkanes) is 4. The highest BCUT2D eigenvalue weighted by molar-refractivity contribution is 7.99. The predicted molar refractivity (Wildman–Crippen MR) is 83.8 cm³/mol. The number of hydrogen-bond donors (Lipinski definition) is 0. The van der Waals surface area contributed by atoms with Gasteiger partial charge in [-0.05, 0) is 41.5 Å². The molecule has 2 rings (SSSR count). The SMILES string of the molecule is O=CCCCCCCSc1ccc2ccccc2c1. The third-order valence-electron chi connectivity index (χ3n) is 3.21. The van der Waals surface area contributed by atoms with E-state index in [9.17, 15) is 4.79 Å². The summed E-state index contributed by atoms with van der Waals surface area (Å²) >= 11 is 1.93. The molecule has 2 aromatic rings. The molecular formula is C17H20OS. The average Bonchev–Trinajstić information content (AvgIpc) is 2.46. The Balaban J connectivity index is 1.74. The fraction of sp³-hybridized carbons (Fsp3) is 0.353. The van der Waals surface area contributed by atoms with Crippen molar-refractivity contribution in [3.8, 4) is 0 Å². The number of aldehydes is 1. The number of rotatable bonds is 8. The molecule has 0 N–H and O–H groups in total. The minimum Gasteiger partial charge on any atom is -0.303 e. The molecule has 0 heterocycles. The monoisotopic (exact) mass is 272 g/mol. The van der Waals surface area contributed by atoms with Crippen molar-refractivity contribution in [3.05, 3.63) is 42.5 Å². The summed E-state index contributed by atoms with van der Waals surface area (Å²) in [6.45, 7) is 0. The summed E-state index contributed by atoms with van der Waals surface area (Å²) in [7, 11) is 0. The van der Waals surface area contributed by atoms with Crippen LogP contribution in [-0.2, 0) is 4.79 Å². The quantitative estimate of drug-likeness (QED) is 0.378. The summed E-state index contributed by atoms with van der Waals surface area (Å²) in [5.41, 5.74) is 0. The number of carbonyl (C=O) groups excluding carboxylic acids is 1. The molecular weight excluding hydrogens is 252 g/mol. The van der Waals surface area contributed by atoms with Gasteiger partial charge in [0.1, 0.15) is 6.29 Å². The Hall–Kier alpha value is -1.28. The van der Waals surface area contributed by atoms with Crippen molar-refractivity contribution in [1.29, 1.82) is 0 Å². The first-order valence-electron chi connectivity index (χ1n) is 6.95. The lowest BCUT2D eigenvalue weighted by atomic mass is 10.1. The van der Waals surface area contributed by atoms with E-state index in [1.165, 1.54) is 40.7 Å². The van der Waals surface area contributed by atoms with Crippen LogP contribution in [0.5, 0.6) is 0 Å². The Kier molecular flexibility index (Phi) is 5.96. The van der Waals surface area contributed by atoms with Gasteiger partial charge in [0.25, 0.3) is 0 Å². The molecule has 1 nitrogen and oxygen atoms in total. The van der Waals surface area contributed by atoms with Crippen molar-refractivity contribution < 1.29 is 4.79 Å². The van der Waals surface area contributed by atoms with Crippen molar-refractivity contribution >= 4 is 28.8 Å². The highest BCUT2D eigenvalue weighted by Gasteiger charge is 1.97. The van der Waals surface area contributed by atoms with Gasteiger partial charge in [-0.2, -0.15) is 0 Å². The smallest absolute Gasteiger partial charge is 0.119 e. The molecule has 19 heavy (non-hydrogen) atoms. The second-order valence-corrected chi connectivity index (χ2v) is 5.90. The number of carbonyl (C=O) groups is 1. The minimum absolute atomic E-state index is 0.720. The molecule has 0 fully saturated rings. The molecule has 0 amide bonds. The van der Waals surface area contributed by atoms with Crippen LogP contribution in [0.15, 0.2) is 47.4 Å². The second kappa shape index (κ2) is 8.00. The predicted octanol–water partition coefficient (Wildman–Crippen LogP) is 5.08. The highest BCUT2D eigenvalue weighted by Crippen LogP contribution is 2.24. The first kappa shape index (κ1) is 14.1. The van der Waals surface area contributed by atoms with Gasteiger partial charge in [-0.1, -0.05) is 43.2 Å². The zero-order chi connectivity index (χ0) is 13.3. The van der Waals surface area contributed by atoms with E-state index in [2.05, 4.69) is 42.5 Å². The summed E-state index contributed by atoms with van der Waals surface area (Å²) in [6.07, 6.45) is 6.42. The Morgan fingerprint density at radius 1 is 0.895 bits per heavy atom. The van der Waals surface area contributed by atoms with E-state index in [-0.39, 0.29) is 0 Å². The summed E-state index contributed by atoms with van der Waals surface area (Å²) in [5.74, 6) is 1.17. The Morgan fingerprint density at radius 3 is 2.53 bits per heavy atom. The van der Waals surface area contributed by atoms with Crippen molar-refractivity contribution in [2.24, 2.45) is 0 Å². The number of benzene rings is 2. The first-order chi connectivity index (χ1) is 9.40. The summed E-state index contributed by atoms with van der Waals surface area (Å²) in [4.78, 5) is 11.5. The lowest BCUT2D eigenvalue weighted by molar-refractivity contribution is -0.107. The van der Waals surface area contributed by atoms with Gasteiger partial charge in [0.15, 0.2) is 0 Å². The molecule has 0 aromatic heterocycles. The molecule has 0 bridgehead atoms. The molecule has 100 valence electrons. The molecule has 0 aliphatic rings. The third-order valence-corrected chi connectivity index (χ3v) is 4.29. The van der Waals surface area contributed by atoms with Crippen molar-refractivity contribution in [3.63, 3.8) is 0 Å². The second-order valence-electron chi connectivity index (χ2n) is 4.73. The highest BCUT2D eigenvalue weighted by atomic mass is 32.2. The van der Waals surface area contributed by atoms with Gasteiger partial charge in [0.05, 0.1) is 0 Å². The van der Waals surface area contributed by atoms with Crippen LogP contribution in [0.25, 0.3) is 10.8 Å². The molecule has 0 saturated carbocycles. The van der Waals surface area contributed by atoms with Crippen LogP contribution >= 0.6 is 11.8 Å². The molecule has 0 saturated heterocycles. The van der Waals surface area contributed by atoms with Gasteiger partial charge in [-0.25, -0.2) is 0 Å². The summed E-state index contributed by atoms with van der Waals surface area (Å²) in [6, 6.07) is 15.2. The van der Waals surface area contributed by atoms with Crippen LogP contribution in [0, 0.1) is 0 Å². The molecule has 2 aromatic carbocycles. The van der Waals surface area contributed by atoms with Gasteiger partial charge in [-0.3, -0.25) is 0 Å². The van der Waals surface area contributed by atoms with Crippen LogP contribution in [0.3, 0.4) is 0 Å². The normalized spacial score (nSPS) is 10.7. The fourth-order valence-corrected chi connectivity index (χ4v) is 3.09. The van der Waals surface area contributed by atoms with Crippen LogP contribution in [0.4, 0.5) is 0 Å². The topological polar surface area (TPSA) is 17.1 Å². The summed E-state index contributed by atoms with van der Waals surface area (Å²) < 4.78 is 0. The number of hydrogen-bond acceptors (Lipinski definition) is 2. The first-order valence-corrected chi connectivity index (χ1v) is 7.94. The van der Waals surface area contributed by atoms with Crippen molar-refractivity contribution in [2.45, 2.75) is 37.0 Å². The standard InChI is InChI=1S/C17H20OS/c18-12-6-2-1-3-7-13-19-17-11-10-15-8-4-5-9-16(15)14-17/h4-5,8-12,14H,1-3,6-7,13H2. The maximum Gasteiger partial charge on any atom is 0.119 e. The molecule has 0 aliphatic carbocycles. The molecule has 0 spiro atoms. The largest absolute Gasteiger partial charge is 0.303 e. The third kappa shape index (κ3) is 4.71. The van der Waals surface area contributed by atoms with Crippen molar-refractivity contribution in [1.82, 2.24) is 0 Å². The van der Waals surface area contributed by atoms with E-state index in [0.717, 1.165) is 19.1 Å². The Labute approximate surface area is 119 Å². The molecule has 0 radical (unpaired) electrons. The molecule has 0 unspecified atom stereocenters. The molecule has 0 aliphatic heterocycles. The van der Waals surface area contributed by atoms with Gasteiger partial charge in [-0.15, -0.1) is 11.8 Å². The summed E-state index contributed by atoms with van der Waals surface area (Å²) in [5, 5.41) is 2.62. The van der Waals surface area contributed by atoms with Gasteiger partial charge < -0.3 is 4.79 Å². The minimum atomic E-state index is 0.720. The molecule has 0 atom stereocenters. The van der Waals surface area contributed by atoms with E-state index >= 15 is 0 Å². The van der Waals surface area contributed by atoms with Gasteiger partial charge >= 0.3 is 0 Å². The Bertz CT molecular complexity index is 521. The number of fused-ring (bicyclic) bond motifs is 1. The van der Waals surface area contributed by atoms with E-state index in [1.54, 1.807) is 0 Å². The maximum absolute atomic E-state index is 10.2. The maximum atomic E-state index is 10.2. The fourth-order valence-electron chi connectivity index (χ4n) is 2.13. The average molecular weight is 272 g/mol. The Morgan fingerprint density at radius 2 is 1.68 bits per heavy atom. The lowest BCUT2D eigenvalue weighted by Gasteiger charge is -2.04. The van der Waals surface area contributed by atoms with Crippen LogP contribution in [0.1, 0.15) is 32.1 Å². The van der Waals surface area contributed by atoms with Crippen LogP contribution in [-0.4, -0.2) is 12.0 Å². The van der Waals surface area contributed by atoms with E-state index in [4.69, 9.17) is 0 Å². The van der Waals surface area contributed by atoms with Crippen LogP contribution < -0.4 is 0 Å². The van der Waals surface area contributed by atoms with E-state index in [1.807, 2.05) is 11.8 Å². The zero-order valence-electron chi connectivity index (χ0n) is 11.2. The van der Waals surface area contributed by atoms with Gasteiger partial charge in [0.2, 0.25) is 0 Å². The van der Waals surface area contributed by atoms with E-state index in [0.29, 0.717) is 0 Å².